The SMILES string of the molecule is Cc1cn2c(n1)CC[C@H](NC(=O)[C@H]1CC13CCOCC3)C2. The molecule has 2 aliphatic heterocycles. The summed E-state index contributed by atoms with van der Waals surface area (Å²) in [5, 5.41) is 3.27. The summed E-state index contributed by atoms with van der Waals surface area (Å²) in [4.78, 5) is 17.0. The van der Waals surface area contributed by atoms with Gasteiger partial charge in [0.1, 0.15) is 5.82 Å². The Morgan fingerprint density at radius 3 is 3.10 bits per heavy atom. The van der Waals surface area contributed by atoms with Crippen molar-refractivity contribution in [2.45, 2.75) is 51.6 Å². The van der Waals surface area contributed by atoms with Crippen molar-refractivity contribution in [2.75, 3.05) is 13.2 Å². The van der Waals surface area contributed by atoms with Crippen LogP contribution in [0.1, 0.15) is 37.2 Å². The van der Waals surface area contributed by atoms with E-state index in [2.05, 4.69) is 21.1 Å². The summed E-state index contributed by atoms with van der Waals surface area (Å²) in [6, 6.07) is 0.260. The minimum absolute atomic E-state index is 0.229. The zero-order valence-corrected chi connectivity index (χ0v) is 12.6. The first kappa shape index (κ1) is 13.3. The van der Waals surface area contributed by atoms with Crippen molar-refractivity contribution in [2.24, 2.45) is 11.3 Å². The van der Waals surface area contributed by atoms with E-state index in [1.807, 2.05) is 6.92 Å². The zero-order chi connectivity index (χ0) is 14.4. The highest BCUT2D eigenvalue weighted by molar-refractivity contribution is 5.82. The molecule has 3 aliphatic rings. The van der Waals surface area contributed by atoms with Gasteiger partial charge in [-0.3, -0.25) is 4.79 Å². The minimum atomic E-state index is 0.229. The van der Waals surface area contributed by atoms with Crippen molar-refractivity contribution in [3.63, 3.8) is 0 Å². The standard InChI is InChI=1S/C16H23N3O2/c1-11-9-19-10-12(2-3-14(19)17-11)18-15(20)13-8-16(13)4-6-21-7-5-16/h9,12-13H,2-8,10H2,1H3,(H,18,20)/t12-,13+/m0/s1. The van der Waals surface area contributed by atoms with Crippen molar-refractivity contribution in [3.8, 4) is 0 Å². The molecule has 0 unspecified atom stereocenters. The second-order valence-electron chi connectivity index (χ2n) is 6.93. The van der Waals surface area contributed by atoms with Gasteiger partial charge in [0, 0.05) is 44.3 Å². The lowest BCUT2D eigenvalue weighted by atomic mass is 9.93. The van der Waals surface area contributed by atoms with Gasteiger partial charge in [-0.1, -0.05) is 0 Å². The van der Waals surface area contributed by atoms with Crippen molar-refractivity contribution in [3.05, 3.63) is 17.7 Å². The highest BCUT2D eigenvalue weighted by atomic mass is 16.5. The van der Waals surface area contributed by atoms with E-state index in [4.69, 9.17) is 4.74 Å². The van der Waals surface area contributed by atoms with Gasteiger partial charge in [-0.05, 0) is 38.0 Å². The Morgan fingerprint density at radius 1 is 1.48 bits per heavy atom. The highest BCUT2D eigenvalue weighted by Gasteiger charge is 2.58. The molecule has 0 aromatic carbocycles. The fourth-order valence-corrected chi connectivity index (χ4v) is 4.05. The molecule has 0 radical (unpaired) electrons. The summed E-state index contributed by atoms with van der Waals surface area (Å²) in [6.45, 7) is 4.54. The summed E-state index contributed by atoms with van der Waals surface area (Å²) in [5.74, 6) is 1.65. The average Bonchev–Trinajstić information content (AvgIpc) is 3.02. The third-order valence-electron chi connectivity index (χ3n) is 5.45. The molecule has 2 atom stereocenters. The number of rotatable bonds is 2. The number of amides is 1. The van der Waals surface area contributed by atoms with Crippen LogP contribution in [0.3, 0.4) is 0 Å². The highest BCUT2D eigenvalue weighted by Crippen LogP contribution is 2.59. The van der Waals surface area contributed by atoms with Crippen LogP contribution in [0.5, 0.6) is 0 Å². The van der Waals surface area contributed by atoms with Crippen LogP contribution in [-0.2, 0) is 22.5 Å². The van der Waals surface area contributed by atoms with Gasteiger partial charge in [0.2, 0.25) is 5.91 Å². The molecular weight excluding hydrogens is 266 g/mol. The van der Waals surface area contributed by atoms with Crippen molar-refractivity contribution in [1.29, 1.82) is 0 Å². The lowest BCUT2D eigenvalue weighted by Gasteiger charge is -2.26. The molecule has 1 spiro atoms. The second-order valence-corrected chi connectivity index (χ2v) is 6.93. The Balaban J connectivity index is 1.36. The molecule has 114 valence electrons. The Morgan fingerprint density at radius 2 is 2.29 bits per heavy atom. The molecule has 5 nitrogen and oxygen atoms in total. The number of nitrogens with zero attached hydrogens (tertiary/aromatic N) is 2. The molecule has 21 heavy (non-hydrogen) atoms. The van der Waals surface area contributed by atoms with Crippen LogP contribution in [0.15, 0.2) is 6.20 Å². The van der Waals surface area contributed by atoms with Crippen LogP contribution >= 0.6 is 0 Å². The van der Waals surface area contributed by atoms with Crippen LogP contribution in [0.4, 0.5) is 0 Å². The number of ether oxygens (including phenoxy) is 1. The monoisotopic (exact) mass is 289 g/mol. The lowest BCUT2D eigenvalue weighted by molar-refractivity contribution is -0.124. The fraction of sp³-hybridized carbons (Fsp3) is 0.750. The predicted octanol–water partition coefficient (Wildman–Crippen LogP) is 1.44. The van der Waals surface area contributed by atoms with E-state index in [-0.39, 0.29) is 23.3 Å². The first-order chi connectivity index (χ1) is 10.2. The van der Waals surface area contributed by atoms with Gasteiger partial charge in [0.05, 0.1) is 5.69 Å². The summed E-state index contributed by atoms with van der Waals surface area (Å²) in [7, 11) is 0. The van der Waals surface area contributed by atoms with Gasteiger partial charge in [-0.15, -0.1) is 0 Å². The quantitative estimate of drug-likeness (QED) is 0.896. The van der Waals surface area contributed by atoms with Gasteiger partial charge in [-0.25, -0.2) is 4.98 Å². The Bertz CT molecular complexity index is 560. The van der Waals surface area contributed by atoms with Crippen LogP contribution < -0.4 is 5.32 Å². The molecule has 1 saturated heterocycles. The topological polar surface area (TPSA) is 56.2 Å². The number of carbonyl (C=O) groups excluding carboxylic acids is 1. The second kappa shape index (κ2) is 4.83. The molecular formula is C16H23N3O2. The molecule has 1 N–H and O–H groups in total. The number of hydrogen-bond acceptors (Lipinski definition) is 3. The summed E-state index contributed by atoms with van der Waals surface area (Å²) < 4.78 is 7.62. The van der Waals surface area contributed by atoms with Gasteiger partial charge in [0.25, 0.3) is 0 Å². The summed E-state index contributed by atoms with van der Waals surface area (Å²) in [6.07, 6.45) is 7.23. The summed E-state index contributed by atoms with van der Waals surface area (Å²) >= 11 is 0. The number of fused-ring (bicyclic) bond motifs is 1. The molecule has 0 bridgehead atoms. The Hall–Kier alpha value is -1.36. The third-order valence-corrected chi connectivity index (χ3v) is 5.45. The molecule has 1 saturated carbocycles. The number of nitrogens with one attached hydrogen (secondary N) is 1. The molecule has 3 heterocycles. The van der Waals surface area contributed by atoms with E-state index in [1.54, 1.807) is 0 Å². The molecule has 5 heteroatoms. The smallest absolute Gasteiger partial charge is 0.223 e. The van der Waals surface area contributed by atoms with E-state index in [0.29, 0.717) is 0 Å². The molecule has 1 amide bonds. The molecule has 1 aliphatic carbocycles. The largest absolute Gasteiger partial charge is 0.381 e. The Kier molecular flexibility index (Phi) is 3.06. The van der Waals surface area contributed by atoms with Gasteiger partial charge >= 0.3 is 0 Å². The molecule has 4 rings (SSSR count). The van der Waals surface area contributed by atoms with Gasteiger partial charge < -0.3 is 14.6 Å². The normalized spacial score (nSPS) is 30.0. The van der Waals surface area contributed by atoms with E-state index < -0.39 is 0 Å². The minimum Gasteiger partial charge on any atom is -0.381 e. The van der Waals surface area contributed by atoms with Crippen LogP contribution in [0, 0.1) is 18.3 Å². The molecule has 1 aromatic rings. The van der Waals surface area contributed by atoms with E-state index in [0.717, 1.165) is 63.4 Å². The fourth-order valence-electron chi connectivity index (χ4n) is 4.05. The number of imidazole rings is 1. The van der Waals surface area contributed by atoms with Crippen molar-refractivity contribution in [1.82, 2.24) is 14.9 Å². The zero-order valence-electron chi connectivity index (χ0n) is 12.6. The van der Waals surface area contributed by atoms with Crippen LogP contribution in [-0.4, -0.2) is 34.7 Å². The average molecular weight is 289 g/mol. The van der Waals surface area contributed by atoms with Crippen molar-refractivity contribution < 1.29 is 9.53 Å². The maximum Gasteiger partial charge on any atom is 0.223 e. The maximum absolute atomic E-state index is 12.5. The van der Waals surface area contributed by atoms with Gasteiger partial charge in [0.15, 0.2) is 0 Å². The molecule has 2 fully saturated rings. The van der Waals surface area contributed by atoms with E-state index >= 15 is 0 Å². The maximum atomic E-state index is 12.5. The van der Waals surface area contributed by atoms with Gasteiger partial charge in [-0.2, -0.15) is 0 Å². The third kappa shape index (κ3) is 2.37. The first-order valence-corrected chi connectivity index (χ1v) is 8.07. The number of aromatic nitrogens is 2. The Labute approximate surface area is 125 Å². The first-order valence-electron chi connectivity index (χ1n) is 8.07. The van der Waals surface area contributed by atoms with E-state index in [9.17, 15) is 4.79 Å². The van der Waals surface area contributed by atoms with E-state index in [1.165, 1.54) is 0 Å². The van der Waals surface area contributed by atoms with Crippen molar-refractivity contribution >= 4 is 5.91 Å². The lowest BCUT2D eigenvalue weighted by Crippen LogP contribution is -2.42. The van der Waals surface area contributed by atoms with Crippen LogP contribution in [0.2, 0.25) is 0 Å². The van der Waals surface area contributed by atoms with Crippen LogP contribution in [0.25, 0.3) is 0 Å². The predicted molar refractivity (Wildman–Crippen MR) is 77.8 cm³/mol. The number of hydrogen-bond donors (Lipinski definition) is 1. The number of carbonyl (C=O) groups is 1. The summed E-state index contributed by atoms with van der Waals surface area (Å²) in [5.41, 5.74) is 1.34. The number of aryl methyl sites for hydroxylation is 2. The molecule has 1 aromatic heterocycles.